The molecule has 0 atom stereocenters. The highest BCUT2D eigenvalue weighted by Gasteiger charge is 1.93. The van der Waals surface area contributed by atoms with Crippen molar-refractivity contribution >= 4 is 0 Å². The summed E-state index contributed by atoms with van der Waals surface area (Å²) in [5.41, 5.74) is 0. The van der Waals surface area contributed by atoms with Crippen molar-refractivity contribution in [3.63, 3.8) is 0 Å². The number of nitrogens with zero attached hydrogens (tertiary/aromatic N) is 2. The average Bonchev–Trinajstić information content (AvgIpc) is 2.23. The van der Waals surface area contributed by atoms with Gasteiger partial charge in [0.2, 0.25) is 0 Å². The van der Waals surface area contributed by atoms with Gasteiger partial charge in [-0.3, -0.25) is 0 Å². The molecule has 0 bridgehead atoms. The Morgan fingerprint density at radius 3 is 1.57 bits per heavy atom. The van der Waals surface area contributed by atoms with Gasteiger partial charge in [-0.05, 0) is 25.9 Å². The van der Waals surface area contributed by atoms with Crippen molar-refractivity contribution in [1.29, 1.82) is 10.8 Å². The largest absolute Gasteiger partial charge is 0.317 e. The van der Waals surface area contributed by atoms with Gasteiger partial charge in [0.15, 0.2) is 0 Å². The first-order valence-electron chi connectivity index (χ1n) is 2.41. The van der Waals surface area contributed by atoms with E-state index in [1.165, 1.54) is 25.9 Å². The van der Waals surface area contributed by atoms with Gasteiger partial charge in [0.1, 0.15) is 0 Å². The van der Waals surface area contributed by atoms with E-state index in [-0.39, 0.29) is 0 Å². The number of nitrogens with one attached hydrogen (secondary N) is 1. The van der Waals surface area contributed by atoms with E-state index in [2.05, 4.69) is 5.32 Å². The Labute approximate surface area is 43.1 Å². The van der Waals surface area contributed by atoms with Crippen LogP contribution in [0, 0.1) is 10.8 Å². The zero-order valence-corrected chi connectivity index (χ0v) is 4.22. The third-order valence-electron chi connectivity index (χ3n) is 0.957. The van der Waals surface area contributed by atoms with E-state index in [1.807, 2.05) is 0 Å². The minimum Gasteiger partial charge on any atom is -0.317 e. The predicted molar refractivity (Wildman–Crippen MR) is 25.6 cm³/mol. The minimum atomic E-state index is 1.25. The molecule has 0 saturated carbocycles. The molecule has 1 N–H and O–H groups in total. The summed E-state index contributed by atoms with van der Waals surface area (Å²) in [7, 11) is 0. The van der Waals surface area contributed by atoms with Crippen molar-refractivity contribution < 1.29 is 0 Å². The zero-order chi connectivity index (χ0) is 5.54. The fraction of sp³-hybridized carbons (Fsp3) is 1.00. The Morgan fingerprint density at radius 2 is 1.43 bits per heavy atom. The molecular weight excluding hydrogens is 90.1 g/mol. The van der Waals surface area contributed by atoms with Crippen molar-refractivity contribution in [3.05, 3.63) is 0 Å². The Kier molecular flexibility index (Phi) is 4.90. The molecule has 40 valence electrons. The summed E-state index contributed by atoms with van der Waals surface area (Å²) >= 11 is 0. The summed E-state index contributed by atoms with van der Waals surface area (Å²) in [5.74, 6) is 0. The van der Waals surface area contributed by atoms with E-state index in [9.17, 15) is 0 Å². The Bertz CT molecular complexity index is 38.5. The molecule has 3 nitrogen and oxygen atoms in total. The van der Waals surface area contributed by atoms with Gasteiger partial charge in [-0.15, -0.1) is 0 Å². The molecule has 0 aliphatic carbocycles. The topological polar surface area (TPSA) is 59.6 Å². The molecule has 1 aliphatic rings. The summed E-state index contributed by atoms with van der Waals surface area (Å²) in [6.45, 7) is 2.50. The molecule has 0 aromatic heterocycles. The Balaban J connectivity index is 0.000000162. The molecule has 1 rings (SSSR count). The third-order valence-corrected chi connectivity index (χ3v) is 0.957. The quantitative estimate of drug-likeness (QED) is 0.447. The van der Waals surface area contributed by atoms with Crippen molar-refractivity contribution in [3.8, 4) is 0 Å². The molecule has 1 fully saturated rings. The fourth-order valence-electron chi connectivity index (χ4n) is 0.625. The molecule has 0 radical (unpaired) electrons. The monoisotopic (exact) mass is 99.1 g/mol. The van der Waals surface area contributed by atoms with Crippen LogP contribution in [0.1, 0.15) is 12.8 Å². The first-order valence-corrected chi connectivity index (χ1v) is 2.41. The molecule has 0 amide bonds. The molecule has 0 unspecified atom stereocenters. The van der Waals surface area contributed by atoms with Crippen LogP contribution in [0.4, 0.5) is 0 Å². The second-order valence-corrected chi connectivity index (χ2v) is 1.46. The van der Waals surface area contributed by atoms with Crippen molar-refractivity contribution in [2.45, 2.75) is 12.8 Å². The third kappa shape index (κ3) is 3.20. The number of hydrogen-bond donors (Lipinski definition) is 1. The van der Waals surface area contributed by atoms with E-state index >= 15 is 0 Å². The van der Waals surface area contributed by atoms with Gasteiger partial charge in [0.05, 0.1) is 0 Å². The van der Waals surface area contributed by atoms with Crippen molar-refractivity contribution in [1.82, 2.24) is 5.32 Å². The summed E-state index contributed by atoms with van der Waals surface area (Å²) in [5, 5.41) is 15.2. The van der Waals surface area contributed by atoms with E-state index in [0.29, 0.717) is 0 Å². The number of hydrogen-bond acceptors (Lipinski definition) is 3. The molecule has 0 aromatic carbocycles. The molecule has 1 aliphatic heterocycles. The molecule has 0 spiro atoms. The zero-order valence-electron chi connectivity index (χ0n) is 4.22. The van der Waals surface area contributed by atoms with Crippen LogP contribution in [-0.4, -0.2) is 13.1 Å². The average molecular weight is 99.1 g/mol. The smallest absolute Gasteiger partial charge is 0 e. The van der Waals surface area contributed by atoms with Gasteiger partial charge < -0.3 is 5.32 Å². The van der Waals surface area contributed by atoms with Crippen LogP contribution in [0.2, 0.25) is 0 Å². The standard InChI is InChI=1S/C4H9N.N2/c1-2-4-5-3-1;1-2/h5H,1-4H2;. The Hall–Kier alpha value is -0.620. The lowest BCUT2D eigenvalue weighted by Crippen LogP contribution is -2.03. The van der Waals surface area contributed by atoms with E-state index in [1.54, 1.807) is 0 Å². The molecule has 0 aromatic rings. The maximum atomic E-state index is 6.00. The van der Waals surface area contributed by atoms with E-state index < -0.39 is 0 Å². The summed E-state index contributed by atoms with van der Waals surface area (Å²) in [6.07, 6.45) is 2.78. The highest BCUT2D eigenvalue weighted by atomic mass is 14.9. The first-order chi connectivity index (χ1) is 3.50. The lowest BCUT2D eigenvalue weighted by molar-refractivity contribution is 0.857. The maximum absolute atomic E-state index is 6.00. The summed E-state index contributed by atoms with van der Waals surface area (Å²) in [4.78, 5) is 0. The highest BCUT2D eigenvalue weighted by molar-refractivity contribution is 4.55. The second kappa shape index (κ2) is 5.38. The van der Waals surface area contributed by atoms with Crippen LogP contribution in [0.15, 0.2) is 0 Å². The summed E-state index contributed by atoms with van der Waals surface area (Å²) < 4.78 is 0. The van der Waals surface area contributed by atoms with Gasteiger partial charge in [-0.1, -0.05) is 0 Å². The van der Waals surface area contributed by atoms with Gasteiger partial charge >= 0.3 is 0 Å². The molecule has 7 heavy (non-hydrogen) atoms. The highest BCUT2D eigenvalue weighted by Crippen LogP contribution is 1.90. The minimum absolute atomic E-state index is 1.25. The fourth-order valence-corrected chi connectivity index (χ4v) is 0.625. The Morgan fingerprint density at radius 1 is 1.00 bits per heavy atom. The van der Waals surface area contributed by atoms with Crippen molar-refractivity contribution in [2.24, 2.45) is 0 Å². The lowest BCUT2D eigenvalue weighted by atomic mass is 10.4. The predicted octanol–water partition coefficient (Wildman–Crippen LogP) is 0.400. The van der Waals surface area contributed by atoms with Crippen LogP contribution in [-0.2, 0) is 0 Å². The molecule has 1 saturated heterocycles. The van der Waals surface area contributed by atoms with Crippen LogP contribution >= 0.6 is 0 Å². The van der Waals surface area contributed by atoms with Crippen LogP contribution in [0.5, 0.6) is 0 Å². The van der Waals surface area contributed by atoms with E-state index in [0.717, 1.165) is 0 Å². The number of rotatable bonds is 0. The van der Waals surface area contributed by atoms with Gasteiger partial charge in [-0.25, -0.2) is 0 Å². The van der Waals surface area contributed by atoms with Gasteiger partial charge in [0, 0.05) is 10.8 Å². The maximum Gasteiger partial charge on any atom is 0 e. The first kappa shape index (κ1) is 6.38. The van der Waals surface area contributed by atoms with Gasteiger partial charge in [0.25, 0.3) is 0 Å². The second-order valence-electron chi connectivity index (χ2n) is 1.46. The van der Waals surface area contributed by atoms with Crippen molar-refractivity contribution in [2.75, 3.05) is 13.1 Å². The SMILES string of the molecule is C1CCNC1.N#N. The van der Waals surface area contributed by atoms with Crippen LogP contribution in [0.3, 0.4) is 0 Å². The molecule has 1 heterocycles. The summed E-state index contributed by atoms with van der Waals surface area (Å²) in [6, 6.07) is 0. The van der Waals surface area contributed by atoms with Crippen LogP contribution in [0.25, 0.3) is 0 Å². The normalized spacial score (nSPS) is 17.4. The molecule has 3 heteroatoms. The van der Waals surface area contributed by atoms with Gasteiger partial charge in [-0.2, -0.15) is 0 Å². The van der Waals surface area contributed by atoms with Crippen LogP contribution < -0.4 is 5.32 Å². The molecular formula is C4H9N3. The lowest BCUT2D eigenvalue weighted by Gasteiger charge is -1.76. The van der Waals surface area contributed by atoms with E-state index in [4.69, 9.17) is 10.8 Å².